The van der Waals surface area contributed by atoms with Gasteiger partial charge in [0.15, 0.2) is 9.84 Å². The molecule has 0 aliphatic carbocycles. The number of alkyl halides is 6. The molecule has 12 heteroatoms. The van der Waals surface area contributed by atoms with Crippen LogP contribution < -0.4 is 5.73 Å². The van der Waals surface area contributed by atoms with Crippen molar-refractivity contribution >= 4 is 9.84 Å². The minimum absolute atomic E-state index is 0.00503. The van der Waals surface area contributed by atoms with Crippen LogP contribution in [0.15, 0.2) is 29.2 Å². The Morgan fingerprint density at radius 1 is 1.00 bits per heavy atom. The molecule has 28 heavy (non-hydrogen) atoms. The third-order valence-electron chi connectivity index (χ3n) is 4.13. The number of aromatic nitrogens is 2. The average Bonchev–Trinajstić information content (AvgIpc) is 2.96. The van der Waals surface area contributed by atoms with Crippen LogP contribution in [0.2, 0.25) is 0 Å². The first-order valence-electron chi connectivity index (χ1n) is 7.83. The second-order valence-corrected chi connectivity index (χ2v) is 8.62. The van der Waals surface area contributed by atoms with Gasteiger partial charge >= 0.3 is 12.4 Å². The van der Waals surface area contributed by atoms with Gasteiger partial charge in [-0.15, -0.1) is 0 Å². The number of nitrogens with one attached hydrogen (secondary N) is 1. The predicted molar refractivity (Wildman–Crippen MR) is 89.2 cm³/mol. The van der Waals surface area contributed by atoms with Crippen molar-refractivity contribution in [1.29, 1.82) is 0 Å². The molecule has 0 spiro atoms. The lowest BCUT2D eigenvalue weighted by Crippen LogP contribution is -2.61. The van der Waals surface area contributed by atoms with E-state index in [1.54, 1.807) is 13.8 Å². The lowest BCUT2D eigenvalue weighted by molar-refractivity contribution is -0.304. The first-order valence-corrected chi connectivity index (χ1v) is 9.72. The van der Waals surface area contributed by atoms with E-state index >= 15 is 0 Å². The Balaban J connectivity index is 2.71. The summed E-state index contributed by atoms with van der Waals surface area (Å²) < 4.78 is 103. The molecule has 0 unspecified atom stereocenters. The minimum atomic E-state index is -5.85. The van der Waals surface area contributed by atoms with Crippen molar-refractivity contribution in [1.82, 2.24) is 9.97 Å². The average molecular weight is 429 g/mol. The zero-order valence-corrected chi connectivity index (χ0v) is 15.7. The normalized spacial score (nSPS) is 14.0. The summed E-state index contributed by atoms with van der Waals surface area (Å²) in [6.07, 6.45) is -10.7. The maximum atomic E-state index is 13.2. The van der Waals surface area contributed by atoms with Crippen molar-refractivity contribution in [2.75, 3.05) is 6.26 Å². The first kappa shape index (κ1) is 22.2. The van der Waals surface area contributed by atoms with Crippen LogP contribution >= 0.6 is 0 Å². The van der Waals surface area contributed by atoms with Gasteiger partial charge < -0.3 is 10.7 Å². The van der Waals surface area contributed by atoms with Crippen LogP contribution in [-0.4, -0.2) is 37.0 Å². The zero-order valence-electron chi connectivity index (χ0n) is 14.9. The quantitative estimate of drug-likeness (QED) is 0.722. The Morgan fingerprint density at radius 3 is 1.82 bits per heavy atom. The molecule has 0 aliphatic rings. The Labute approximate surface area is 156 Å². The number of benzene rings is 1. The number of hydrogen-bond donors (Lipinski definition) is 2. The van der Waals surface area contributed by atoms with Crippen LogP contribution in [0.25, 0.3) is 11.3 Å². The molecule has 2 aromatic rings. The van der Waals surface area contributed by atoms with Gasteiger partial charge in [0.05, 0.1) is 10.6 Å². The second kappa shape index (κ2) is 6.76. The zero-order chi connectivity index (χ0) is 21.7. The third-order valence-corrected chi connectivity index (χ3v) is 5.26. The van der Waals surface area contributed by atoms with Crippen molar-refractivity contribution in [2.24, 2.45) is 5.73 Å². The molecule has 0 fully saturated rings. The summed E-state index contributed by atoms with van der Waals surface area (Å²) in [6.45, 7) is 3.09. The predicted octanol–water partition coefficient (Wildman–Crippen LogP) is 3.88. The van der Waals surface area contributed by atoms with Crippen molar-refractivity contribution in [2.45, 2.75) is 42.6 Å². The van der Waals surface area contributed by atoms with Crippen LogP contribution in [0.3, 0.4) is 0 Å². The van der Waals surface area contributed by atoms with E-state index in [4.69, 9.17) is 5.73 Å². The highest BCUT2D eigenvalue weighted by atomic mass is 32.2. The fourth-order valence-electron chi connectivity index (χ4n) is 2.50. The highest BCUT2D eigenvalue weighted by Gasteiger charge is 2.71. The summed E-state index contributed by atoms with van der Waals surface area (Å²) in [7, 11) is -3.53. The monoisotopic (exact) mass is 429 g/mol. The number of rotatable bonds is 4. The van der Waals surface area contributed by atoms with Crippen LogP contribution in [0.5, 0.6) is 0 Å². The first-order chi connectivity index (χ1) is 12.5. The summed E-state index contributed by atoms with van der Waals surface area (Å²) in [5.41, 5.74) is 0.0821. The summed E-state index contributed by atoms with van der Waals surface area (Å²) in [4.78, 5) is 5.55. The van der Waals surface area contributed by atoms with E-state index in [0.717, 1.165) is 6.26 Å². The van der Waals surface area contributed by atoms with E-state index in [1.165, 1.54) is 24.3 Å². The van der Waals surface area contributed by atoms with Gasteiger partial charge in [0, 0.05) is 17.5 Å². The lowest BCUT2D eigenvalue weighted by atomic mass is 9.98. The van der Waals surface area contributed by atoms with Gasteiger partial charge in [0.25, 0.3) is 5.54 Å². The van der Waals surface area contributed by atoms with Gasteiger partial charge in [-0.3, -0.25) is 0 Å². The number of H-pyrrole nitrogens is 1. The molecule has 0 saturated heterocycles. The summed E-state index contributed by atoms with van der Waals surface area (Å²) in [5.74, 6) is -2.00. The number of halogens is 6. The Bertz CT molecular complexity index is 946. The van der Waals surface area contributed by atoms with Gasteiger partial charge in [-0.05, 0) is 18.1 Å². The van der Waals surface area contributed by atoms with E-state index in [1.807, 2.05) is 0 Å². The molecule has 1 heterocycles. The molecule has 0 saturated carbocycles. The Hall–Kier alpha value is -2.08. The fourth-order valence-corrected chi connectivity index (χ4v) is 3.13. The molecular formula is C16H17F6N3O2S. The molecule has 5 nitrogen and oxygen atoms in total. The largest absolute Gasteiger partial charge is 0.422 e. The van der Waals surface area contributed by atoms with Crippen molar-refractivity contribution in [3.05, 3.63) is 35.8 Å². The topological polar surface area (TPSA) is 88.8 Å². The third kappa shape index (κ3) is 3.75. The van der Waals surface area contributed by atoms with Crippen molar-refractivity contribution in [3.63, 3.8) is 0 Å². The fraction of sp³-hybridized carbons (Fsp3) is 0.438. The number of aromatic amines is 1. The molecule has 0 aliphatic heterocycles. The molecule has 0 amide bonds. The van der Waals surface area contributed by atoms with Gasteiger partial charge in [0.2, 0.25) is 0 Å². The van der Waals surface area contributed by atoms with Gasteiger partial charge in [-0.1, -0.05) is 26.0 Å². The molecule has 0 bridgehead atoms. The number of nitrogens with two attached hydrogens (primary N) is 1. The highest BCUT2D eigenvalue weighted by molar-refractivity contribution is 7.90. The van der Waals surface area contributed by atoms with Gasteiger partial charge in [-0.2, -0.15) is 26.3 Å². The van der Waals surface area contributed by atoms with E-state index in [0.29, 0.717) is 0 Å². The molecule has 0 radical (unpaired) electrons. The molecule has 2 rings (SSSR count). The summed E-state index contributed by atoms with van der Waals surface area (Å²) in [5, 5.41) is 0. The molecule has 1 aromatic carbocycles. The van der Waals surface area contributed by atoms with Gasteiger partial charge in [0.1, 0.15) is 5.82 Å². The van der Waals surface area contributed by atoms with Crippen LogP contribution in [0.4, 0.5) is 26.3 Å². The van der Waals surface area contributed by atoms with Gasteiger partial charge in [-0.25, -0.2) is 13.4 Å². The Morgan fingerprint density at radius 2 is 1.46 bits per heavy atom. The molecule has 156 valence electrons. The van der Waals surface area contributed by atoms with Crippen molar-refractivity contribution in [3.8, 4) is 11.3 Å². The highest BCUT2D eigenvalue weighted by Crippen LogP contribution is 2.48. The van der Waals surface area contributed by atoms with E-state index in [2.05, 4.69) is 9.97 Å². The number of imidazole rings is 1. The number of hydrogen-bond acceptors (Lipinski definition) is 4. The molecule has 0 atom stereocenters. The maximum Gasteiger partial charge on any atom is 0.422 e. The Kier molecular flexibility index (Phi) is 5.36. The van der Waals surface area contributed by atoms with Crippen molar-refractivity contribution < 1.29 is 34.8 Å². The maximum absolute atomic E-state index is 13.2. The molecule has 1 aromatic heterocycles. The van der Waals surface area contributed by atoms with Crippen LogP contribution in [-0.2, 0) is 15.4 Å². The summed E-state index contributed by atoms with van der Waals surface area (Å²) >= 11 is 0. The van der Waals surface area contributed by atoms with Crippen LogP contribution in [0.1, 0.15) is 31.3 Å². The lowest BCUT2D eigenvalue weighted by Gasteiger charge is -2.31. The van der Waals surface area contributed by atoms with E-state index in [-0.39, 0.29) is 21.8 Å². The van der Waals surface area contributed by atoms with E-state index < -0.39 is 39.5 Å². The molecular weight excluding hydrogens is 412 g/mol. The number of sulfone groups is 1. The summed E-state index contributed by atoms with van der Waals surface area (Å²) in [6, 6.07) is 4.88. The smallest absolute Gasteiger partial charge is 0.343 e. The molecule has 3 N–H and O–H groups in total. The SMILES string of the molecule is CC(C)c1[nH]c(C(N)(C(F)(F)F)C(F)(F)F)nc1-c1ccc(S(C)(=O)=O)cc1. The standard InChI is InChI=1S/C16H17F6N3O2S/c1-8(2)11-12(9-4-6-10(7-5-9)28(3,26)27)25-13(24-11)14(23,15(17,18)19)16(20,21)22/h4-8H,23H2,1-3H3,(H,24,25). The second-order valence-electron chi connectivity index (χ2n) is 6.60. The minimum Gasteiger partial charge on any atom is -0.343 e. The number of nitrogens with zero attached hydrogens (tertiary/aromatic N) is 1. The van der Waals surface area contributed by atoms with E-state index in [9.17, 15) is 34.8 Å². The van der Waals surface area contributed by atoms with Crippen LogP contribution in [0, 0.1) is 0 Å².